The van der Waals surface area contributed by atoms with E-state index in [0.717, 1.165) is 24.5 Å². The summed E-state index contributed by atoms with van der Waals surface area (Å²) in [6, 6.07) is 15.3. The lowest BCUT2D eigenvalue weighted by molar-refractivity contribution is -0.127. The lowest BCUT2D eigenvalue weighted by Gasteiger charge is -2.48. The van der Waals surface area contributed by atoms with Crippen LogP contribution in [0, 0.1) is 0 Å². The number of anilines is 2. The van der Waals surface area contributed by atoms with E-state index in [1.807, 2.05) is 4.90 Å². The highest BCUT2D eigenvalue weighted by atomic mass is 16.5. The zero-order chi connectivity index (χ0) is 23.9. The van der Waals surface area contributed by atoms with Gasteiger partial charge in [-0.15, -0.1) is 0 Å². The van der Waals surface area contributed by atoms with Crippen molar-refractivity contribution < 1.29 is 9.53 Å². The fraction of sp³-hybridized carbons (Fsp3) is 0.370. The van der Waals surface area contributed by atoms with Gasteiger partial charge < -0.3 is 19.4 Å². The molecule has 1 aromatic heterocycles. The van der Waals surface area contributed by atoms with Crippen LogP contribution in [0.15, 0.2) is 55.1 Å². The van der Waals surface area contributed by atoms with Crippen molar-refractivity contribution >= 4 is 28.2 Å². The molecule has 34 heavy (non-hydrogen) atoms. The maximum atomic E-state index is 12.2. The van der Waals surface area contributed by atoms with E-state index < -0.39 is 0 Å². The molecule has 1 saturated heterocycles. The molecule has 0 N–H and O–H groups in total. The van der Waals surface area contributed by atoms with Crippen LogP contribution in [-0.2, 0) is 17.8 Å². The molecule has 1 amide bonds. The number of aromatic nitrogens is 2. The Labute approximate surface area is 200 Å². The van der Waals surface area contributed by atoms with Crippen LogP contribution in [0.3, 0.4) is 0 Å². The van der Waals surface area contributed by atoms with E-state index in [-0.39, 0.29) is 11.4 Å². The first kappa shape index (κ1) is 22.2. The van der Waals surface area contributed by atoms with Gasteiger partial charge in [0, 0.05) is 42.8 Å². The molecule has 7 heteroatoms. The molecule has 176 valence electrons. The first-order valence-electron chi connectivity index (χ1n) is 11.8. The fourth-order valence-electron chi connectivity index (χ4n) is 5.26. The van der Waals surface area contributed by atoms with E-state index in [4.69, 9.17) is 14.7 Å². The van der Waals surface area contributed by atoms with Gasteiger partial charge in [-0.3, -0.25) is 4.79 Å². The number of carbonyl (C=O) groups excluding carboxylic acids is 1. The Hall–Kier alpha value is -3.61. The molecule has 0 spiro atoms. The summed E-state index contributed by atoms with van der Waals surface area (Å²) in [6.45, 7) is 11.5. The summed E-state index contributed by atoms with van der Waals surface area (Å²) in [5.41, 5.74) is 3.12. The second-order valence-corrected chi connectivity index (χ2v) is 9.56. The van der Waals surface area contributed by atoms with E-state index in [0.29, 0.717) is 32.2 Å². The molecule has 0 saturated carbocycles. The van der Waals surface area contributed by atoms with Gasteiger partial charge in [-0.2, -0.15) is 9.97 Å². The van der Waals surface area contributed by atoms with Crippen molar-refractivity contribution in [2.75, 3.05) is 43.1 Å². The van der Waals surface area contributed by atoms with E-state index in [9.17, 15) is 4.79 Å². The van der Waals surface area contributed by atoms with Gasteiger partial charge in [-0.1, -0.05) is 43.0 Å². The Morgan fingerprint density at radius 2 is 1.88 bits per heavy atom. The minimum Gasteiger partial charge on any atom is -0.467 e. The molecular formula is C27H31N5O2. The second-order valence-electron chi connectivity index (χ2n) is 9.56. The van der Waals surface area contributed by atoms with Crippen molar-refractivity contribution in [1.82, 2.24) is 14.9 Å². The maximum absolute atomic E-state index is 12.2. The molecule has 7 nitrogen and oxygen atoms in total. The molecule has 3 aromatic rings. The number of methoxy groups -OCH3 is 1. The summed E-state index contributed by atoms with van der Waals surface area (Å²) in [5, 5.41) is 2.49. The molecule has 2 aliphatic heterocycles. The molecule has 0 bridgehead atoms. The normalized spacial score (nSPS) is 17.4. The van der Waals surface area contributed by atoms with Crippen molar-refractivity contribution in [1.29, 1.82) is 0 Å². The number of benzene rings is 2. The zero-order valence-corrected chi connectivity index (χ0v) is 20.1. The number of hydrogen-bond acceptors (Lipinski definition) is 6. The lowest BCUT2D eigenvalue weighted by Crippen LogP contribution is -2.61. The minimum atomic E-state index is -0.281. The van der Waals surface area contributed by atoms with Crippen LogP contribution in [0.5, 0.6) is 6.01 Å². The van der Waals surface area contributed by atoms with Gasteiger partial charge in [0.05, 0.1) is 24.9 Å². The van der Waals surface area contributed by atoms with Crippen LogP contribution < -0.4 is 14.5 Å². The Balaban J connectivity index is 1.50. The van der Waals surface area contributed by atoms with E-state index in [1.165, 1.54) is 28.1 Å². The van der Waals surface area contributed by atoms with Gasteiger partial charge in [0.1, 0.15) is 5.82 Å². The Morgan fingerprint density at radius 1 is 1.09 bits per heavy atom. The zero-order valence-electron chi connectivity index (χ0n) is 20.1. The molecule has 0 radical (unpaired) electrons. The predicted octanol–water partition coefficient (Wildman–Crippen LogP) is 3.81. The Kier molecular flexibility index (Phi) is 5.63. The van der Waals surface area contributed by atoms with Crippen molar-refractivity contribution in [3.63, 3.8) is 0 Å². The molecule has 1 fully saturated rings. The highest BCUT2D eigenvalue weighted by Crippen LogP contribution is 2.36. The van der Waals surface area contributed by atoms with E-state index >= 15 is 0 Å². The van der Waals surface area contributed by atoms with Crippen LogP contribution >= 0.6 is 0 Å². The number of piperazine rings is 1. The van der Waals surface area contributed by atoms with Crippen LogP contribution in [0.25, 0.3) is 10.8 Å². The molecule has 0 aliphatic carbocycles. The molecule has 2 aromatic carbocycles. The summed E-state index contributed by atoms with van der Waals surface area (Å²) in [4.78, 5) is 28.4. The van der Waals surface area contributed by atoms with Crippen LogP contribution in [0.1, 0.15) is 25.1 Å². The third-order valence-electron chi connectivity index (χ3n) is 6.96. The number of amides is 1. The lowest BCUT2D eigenvalue weighted by atomic mass is 9.96. The van der Waals surface area contributed by atoms with Crippen LogP contribution in [0.4, 0.5) is 11.5 Å². The highest BCUT2D eigenvalue weighted by molar-refractivity contribution is 5.94. The fourth-order valence-corrected chi connectivity index (χ4v) is 5.26. The number of nitrogens with zero attached hydrogens (tertiary/aromatic N) is 5. The average Bonchev–Trinajstić information content (AvgIpc) is 2.86. The Morgan fingerprint density at radius 3 is 2.65 bits per heavy atom. The molecule has 3 heterocycles. The number of ether oxygens (including phenoxy) is 1. The highest BCUT2D eigenvalue weighted by Gasteiger charge is 2.38. The van der Waals surface area contributed by atoms with Crippen molar-refractivity contribution in [2.24, 2.45) is 0 Å². The minimum absolute atomic E-state index is 0.0271. The molecule has 2 aliphatic rings. The van der Waals surface area contributed by atoms with Gasteiger partial charge >= 0.3 is 6.01 Å². The average molecular weight is 458 g/mol. The summed E-state index contributed by atoms with van der Waals surface area (Å²) in [5.74, 6) is 0.899. The molecule has 0 atom stereocenters. The SMILES string of the molecule is C=CC(=O)N1CCN(c2nc(OC)nc3c2CCN(c2cccc4ccccc24)C3)C(C)(C)C1. The third kappa shape index (κ3) is 3.85. The topological polar surface area (TPSA) is 61.8 Å². The summed E-state index contributed by atoms with van der Waals surface area (Å²) >= 11 is 0. The van der Waals surface area contributed by atoms with Gasteiger partial charge in [-0.05, 0) is 37.8 Å². The number of rotatable bonds is 4. The van der Waals surface area contributed by atoms with Crippen molar-refractivity contribution in [3.8, 4) is 6.01 Å². The van der Waals surface area contributed by atoms with E-state index in [1.54, 1.807) is 7.11 Å². The molecule has 5 rings (SSSR count). The maximum Gasteiger partial charge on any atom is 0.318 e. The first-order chi connectivity index (χ1) is 16.4. The summed E-state index contributed by atoms with van der Waals surface area (Å²) < 4.78 is 5.52. The molecular weight excluding hydrogens is 426 g/mol. The third-order valence-corrected chi connectivity index (χ3v) is 6.96. The monoisotopic (exact) mass is 457 g/mol. The van der Waals surface area contributed by atoms with Crippen molar-refractivity contribution in [2.45, 2.75) is 32.4 Å². The predicted molar refractivity (Wildman–Crippen MR) is 135 cm³/mol. The van der Waals surface area contributed by atoms with Crippen molar-refractivity contribution in [3.05, 3.63) is 66.4 Å². The first-order valence-corrected chi connectivity index (χ1v) is 11.8. The number of fused-ring (bicyclic) bond motifs is 2. The second kappa shape index (κ2) is 8.63. The van der Waals surface area contributed by atoms with Gasteiger partial charge in [0.2, 0.25) is 5.91 Å². The number of carbonyl (C=O) groups is 1. The smallest absolute Gasteiger partial charge is 0.318 e. The van der Waals surface area contributed by atoms with Gasteiger partial charge in [-0.25, -0.2) is 0 Å². The Bertz CT molecular complexity index is 1250. The number of hydrogen-bond donors (Lipinski definition) is 0. The molecule has 0 unspecified atom stereocenters. The van der Waals surface area contributed by atoms with E-state index in [2.05, 4.69) is 72.7 Å². The quantitative estimate of drug-likeness (QED) is 0.555. The van der Waals surface area contributed by atoms with Gasteiger partial charge in [0.15, 0.2) is 0 Å². The largest absolute Gasteiger partial charge is 0.467 e. The summed E-state index contributed by atoms with van der Waals surface area (Å²) in [6.07, 6.45) is 2.24. The summed E-state index contributed by atoms with van der Waals surface area (Å²) in [7, 11) is 1.61. The van der Waals surface area contributed by atoms with Gasteiger partial charge in [0.25, 0.3) is 0 Å². The van der Waals surface area contributed by atoms with Crippen LogP contribution in [-0.4, -0.2) is 59.6 Å². The van der Waals surface area contributed by atoms with Crippen LogP contribution in [0.2, 0.25) is 0 Å². The standard InChI is InChI=1S/C27H31N5O2/c1-5-24(33)31-15-16-32(27(2,3)18-31)25-21-13-14-30(17-22(21)28-26(29-25)34-4)23-12-8-10-19-9-6-7-11-20(19)23/h5-12H,1,13-18H2,2-4H3.